The maximum Gasteiger partial charge on any atom is 0.228 e. The number of rotatable bonds is 4. The van der Waals surface area contributed by atoms with E-state index in [9.17, 15) is 9.59 Å². The summed E-state index contributed by atoms with van der Waals surface area (Å²) in [7, 11) is 0. The van der Waals surface area contributed by atoms with Gasteiger partial charge in [0.05, 0.1) is 11.3 Å². The van der Waals surface area contributed by atoms with Gasteiger partial charge in [0.1, 0.15) is 11.5 Å². The second-order valence-corrected chi connectivity index (χ2v) is 8.67. The summed E-state index contributed by atoms with van der Waals surface area (Å²) in [6, 6.07) is 14.2. The Kier molecular flexibility index (Phi) is 6.44. The number of hydrogen-bond donors (Lipinski definition) is 1. The number of nitrogens with zero attached hydrogens (tertiary/aromatic N) is 2. The summed E-state index contributed by atoms with van der Waals surface area (Å²) in [4.78, 5) is 26.4. The first-order valence-electron chi connectivity index (χ1n) is 10.4. The summed E-state index contributed by atoms with van der Waals surface area (Å²) in [5.41, 5.74) is 1.61. The number of nitrogens with one attached hydrogen (secondary N) is 1. The van der Waals surface area contributed by atoms with Crippen molar-refractivity contribution >= 4 is 34.9 Å². The summed E-state index contributed by atoms with van der Waals surface area (Å²) >= 11 is 12.5. The largest absolute Gasteiger partial charge is 0.310 e. The van der Waals surface area contributed by atoms with Gasteiger partial charge in [0, 0.05) is 21.5 Å². The fraction of sp³-hybridized carbons (Fsp3) is 0.292. The van der Waals surface area contributed by atoms with Crippen LogP contribution in [0.5, 0.6) is 0 Å². The van der Waals surface area contributed by atoms with Gasteiger partial charge >= 0.3 is 0 Å². The summed E-state index contributed by atoms with van der Waals surface area (Å²) in [6.07, 6.45) is 4.91. The van der Waals surface area contributed by atoms with Gasteiger partial charge < -0.3 is 5.32 Å². The van der Waals surface area contributed by atoms with E-state index in [1.54, 1.807) is 54.1 Å². The Hall–Kier alpha value is -2.63. The number of carbonyl (C=O) groups is 1. The van der Waals surface area contributed by atoms with Crippen LogP contribution in [0.2, 0.25) is 10.0 Å². The molecule has 0 radical (unpaired) electrons. The lowest BCUT2D eigenvalue weighted by atomic mass is 9.88. The van der Waals surface area contributed by atoms with E-state index >= 15 is 0 Å². The van der Waals surface area contributed by atoms with Crippen molar-refractivity contribution in [2.24, 2.45) is 5.92 Å². The van der Waals surface area contributed by atoms with Crippen LogP contribution in [0, 0.1) is 12.8 Å². The van der Waals surface area contributed by atoms with Gasteiger partial charge in [-0.3, -0.25) is 9.59 Å². The highest BCUT2D eigenvalue weighted by Gasteiger charge is 2.26. The van der Waals surface area contributed by atoms with Crippen LogP contribution in [0.4, 0.5) is 5.82 Å². The Balaban J connectivity index is 1.92. The monoisotopic (exact) mass is 455 g/mol. The van der Waals surface area contributed by atoms with E-state index in [2.05, 4.69) is 10.4 Å². The molecule has 5 nitrogen and oxygen atoms in total. The Bertz CT molecular complexity index is 1170. The van der Waals surface area contributed by atoms with E-state index in [0.29, 0.717) is 38.4 Å². The smallest absolute Gasteiger partial charge is 0.228 e. The van der Waals surface area contributed by atoms with Crippen molar-refractivity contribution in [3.05, 3.63) is 74.5 Å². The maximum absolute atomic E-state index is 13.2. The quantitative estimate of drug-likeness (QED) is 0.521. The topological polar surface area (TPSA) is 64.0 Å². The summed E-state index contributed by atoms with van der Waals surface area (Å²) in [6.45, 7) is 1.65. The van der Waals surface area contributed by atoms with Crippen LogP contribution in [0.15, 0.2) is 53.3 Å². The first kappa shape index (κ1) is 21.6. The number of halogens is 2. The van der Waals surface area contributed by atoms with E-state index in [1.165, 1.54) is 0 Å². The SMILES string of the molecule is Cc1nn(-c2ccc(Cl)cc2)c(NC(=O)C2CCCCC2)c(-c2ccccc2Cl)c1=O. The third kappa shape index (κ3) is 4.53. The van der Waals surface area contributed by atoms with E-state index in [-0.39, 0.29) is 17.3 Å². The van der Waals surface area contributed by atoms with Crippen LogP contribution >= 0.6 is 23.2 Å². The van der Waals surface area contributed by atoms with Crippen LogP contribution < -0.4 is 10.7 Å². The molecule has 1 N–H and O–H groups in total. The molecule has 0 unspecified atom stereocenters. The first-order valence-corrected chi connectivity index (χ1v) is 11.2. The van der Waals surface area contributed by atoms with Gasteiger partial charge in [0.2, 0.25) is 11.3 Å². The standard InChI is InChI=1S/C24H23Cl2N3O2/c1-15-22(30)21(19-9-5-6-10-20(19)26)23(27-24(31)16-7-3-2-4-8-16)29(28-15)18-13-11-17(25)12-14-18/h5-6,9-14,16H,2-4,7-8H2,1H3,(H,27,31). The van der Waals surface area contributed by atoms with Gasteiger partial charge in [0.25, 0.3) is 0 Å². The van der Waals surface area contributed by atoms with E-state index < -0.39 is 0 Å². The molecule has 1 saturated carbocycles. The van der Waals surface area contributed by atoms with Crippen LogP contribution in [0.25, 0.3) is 16.8 Å². The molecule has 1 amide bonds. The summed E-state index contributed by atoms with van der Waals surface area (Å²) < 4.78 is 1.59. The number of benzene rings is 2. The Labute approximate surface area is 191 Å². The Morgan fingerprint density at radius 1 is 1.03 bits per heavy atom. The fourth-order valence-corrected chi connectivity index (χ4v) is 4.38. The molecule has 4 rings (SSSR count). The Morgan fingerprint density at radius 2 is 1.71 bits per heavy atom. The lowest BCUT2D eigenvalue weighted by Gasteiger charge is -2.23. The molecule has 1 aliphatic rings. The van der Waals surface area contributed by atoms with Crippen molar-refractivity contribution < 1.29 is 4.79 Å². The van der Waals surface area contributed by atoms with E-state index in [4.69, 9.17) is 23.2 Å². The minimum atomic E-state index is -0.266. The van der Waals surface area contributed by atoms with Crippen LogP contribution in [0.3, 0.4) is 0 Å². The van der Waals surface area contributed by atoms with Crippen molar-refractivity contribution in [3.8, 4) is 16.8 Å². The highest BCUT2D eigenvalue weighted by molar-refractivity contribution is 6.33. The van der Waals surface area contributed by atoms with E-state index in [0.717, 1.165) is 32.1 Å². The van der Waals surface area contributed by atoms with Crippen molar-refractivity contribution in [1.29, 1.82) is 0 Å². The average Bonchev–Trinajstić information content (AvgIpc) is 2.78. The molecular formula is C24H23Cl2N3O2. The van der Waals surface area contributed by atoms with Gasteiger partial charge in [0.15, 0.2) is 0 Å². The molecule has 1 aliphatic carbocycles. The lowest BCUT2D eigenvalue weighted by Crippen LogP contribution is -2.29. The van der Waals surface area contributed by atoms with Crippen LogP contribution in [-0.2, 0) is 4.79 Å². The summed E-state index contributed by atoms with van der Waals surface area (Å²) in [5.74, 6) is 0.144. The number of carbonyl (C=O) groups excluding carboxylic acids is 1. The molecule has 160 valence electrons. The number of aryl methyl sites for hydroxylation is 1. The molecule has 0 bridgehead atoms. The number of amides is 1. The molecule has 3 aromatic rings. The minimum Gasteiger partial charge on any atom is -0.310 e. The molecule has 1 heterocycles. The zero-order valence-corrected chi connectivity index (χ0v) is 18.7. The average molecular weight is 456 g/mol. The van der Waals surface area contributed by atoms with Gasteiger partial charge in [-0.1, -0.05) is 60.7 Å². The minimum absolute atomic E-state index is 0.0806. The molecule has 2 aromatic carbocycles. The van der Waals surface area contributed by atoms with E-state index in [1.807, 2.05) is 6.07 Å². The zero-order chi connectivity index (χ0) is 22.0. The van der Waals surface area contributed by atoms with Crippen molar-refractivity contribution in [2.45, 2.75) is 39.0 Å². The summed E-state index contributed by atoms with van der Waals surface area (Å²) in [5, 5.41) is 8.53. The van der Waals surface area contributed by atoms with Crippen LogP contribution in [0.1, 0.15) is 37.8 Å². The number of anilines is 1. The normalized spacial score (nSPS) is 14.4. The van der Waals surface area contributed by atoms with Gasteiger partial charge in [-0.25, -0.2) is 4.68 Å². The van der Waals surface area contributed by atoms with Crippen molar-refractivity contribution in [2.75, 3.05) is 5.32 Å². The molecular weight excluding hydrogens is 433 g/mol. The predicted octanol–water partition coefficient (Wildman–Crippen LogP) is 6.03. The maximum atomic E-state index is 13.2. The second-order valence-electron chi connectivity index (χ2n) is 7.83. The lowest BCUT2D eigenvalue weighted by molar-refractivity contribution is -0.120. The predicted molar refractivity (Wildman–Crippen MR) is 125 cm³/mol. The van der Waals surface area contributed by atoms with Crippen molar-refractivity contribution in [3.63, 3.8) is 0 Å². The zero-order valence-electron chi connectivity index (χ0n) is 17.2. The molecule has 7 heteroatoms. The number of hydrogen-bond acceptors (Lipinski definition) is 3. The third-order valence-corrected chi connectivity index (χ3v) is 6.27. The molecule has 0 atom stereocenters. The fourth-order valence-electron chi connectivity index (χ4n) is 4.02. The van der Waals surface area contributed by atoms with Crippen molar-refractivity contribution in [1.82, 2.24) is 9.78 Å². The molecule has 0 spiro atoms. The molecule has 1 aromatic heterocycles. The van der Waals surface area contributed by atoms with Gasteiger partial charge in [-0.2, -0.15) is 5.10 Å². The molecule has 0 saturated heterocycles. The molecule has 1 fully saturated rings. The van der Waals surface area contributed by atoms with Gasteiger partial charge in [-0.05, 0) is 50.1 Å². The highest BCUT2D eigenvalue weighted by atomic mass is 35.5. The molecule has 0 aliphatic heterocycles. The van der Waals surface area contributed by atoms with Crippen LogP contribution in [-0.4, -0.2) is 15.7 Å². The first-order chi connectivity index (χ1) is 15.0. The third-order valence-electron chi connectivity index (χ3n) is 5.69. The highest BCUT2D eigenvalue weighted by Crippen LogP contribution is 2.33. The molecule has 31 heavy (non-hydrogen) atoms. The second kappa shape index (κ2) is 9.25. The van der Waals surface area contributed by atoms with Gasteiger partial charge in [-0.15, -0.1) is 0 Å². The number of aromatic nitrogens is 2. The Morgan fingerprint density at radius 3 is 2.39 bits per heavy atom.